The lowest BCUT2D eigenvalue weighted by Gasteiger charge is -2.19. The van der Waals surface area contributed by atoms with E-state index < -0.39 is 6.03 Å². The van der Waals surface area contributed by atoms with E-state index in [0.717, 1.165) is 4.90 Å². The van der Waals surface area contributed by atoms with Crippen LogP contribution in [0.4, 0.5) is 4.79 Å². The van der Waals surface area contributed by atoms with E-state index in [1.165, 1.54) is 17.3 Å². The van der Waals surface area contributed by atoms with Crippen molar-refractivity contribution in [3.05, 3.63) is 42.5 Å². The molecule has 114 valence electrons. The lowest BCUT2D eigenvalue weighted by atomic mass is 9.87. The summed E-state index contributed by atoms with van der Waals surface area (Å²) < 4.78 is 0. The number of nitrogens with one attached hydrogen (secondary N) is 2. The maximum Gasteiger partial charge on any atom is 0.321 e. The molecule has 0 aliphatic carbocycles. The van der Waals surface area contributed by atoms with Crippen LogP contribution in [0.5, 0.6) is 0 Å². The van der Waals surface area contributed by atoms with Gasteiger partial charge in [0.2, 0.25) is 5.91 Å². The second kappa shape index (κ2) is 7.88. The fourth-order valence-corrected chi connectivity index (χ4v) is 2.27. The third-order valence-corrected chi connectivity index (χ3v) is 3.76. The molecule has 0 atom stereocenters. The molecular weight excluding hydrogens is 284 g/mol. The van der Waals surface area contributed by atoms with Crippen molar-refractivity contribution in [2.24, 2.45) is 0 Å². The van der Waals surface area contributed by atoms with Crippen molar-refractivity contribution in [2.45, 2.75) is 31.1 Å². The first-order chi connectivity index (χ1) is 9.82. The largest absolute Gasteiger partial charge is 0.334 e. The molecule has 21 heavy (non-hydrogen) atoms. The first-order valence-electron chi connectivity index (χ1n) is 6.75. The van der Waals surface area contributed by atoms with Crippen molar-refractivity contribution in [2.75, 3.05) is 12.3 Å². The average molecular weight is 306 g/mol. The van der Waals surface area contributed by atoms with Crippen LogP contribution < -0.4 is 10.6 Å². The molecule has 0 aliphatic heterocycles. The third kappa shape index (κ3) is 6.49. The highest BCUT2D eigenvalue weighted by Gasteiger charge is 2.13. The van der Waals surface area contributed by atoms with Crippen molar-refractivity contribution < 1.29 is 9.59 Å². The molecule has 0 saturated heterocycles. The molecule has 3 amide bonds. The summed E-state index contributed by atoms with van der Waals surface area (Å²) in [7, 11) is 0. The first-order valence-corrected chi connectivity index (χ1v) is 7.73. The van der Waals surface area contributed by atoms with Crippen LogP contribution in [-0.2, 0) is 10.2 Å². The van der Waals surface area contributed by atoms with Crippen molar-refractivity contribution in [3.8, 4) is 0 Å². The van der Waals surface area contributed by atoms with E-state index in [2.05, 4.69) is 50.1 Å². The van der Waals surface area contributed by atoms with Gasteiger partial charge in [0.05, 0.1) is 5.75 Å². The molecule has 1 aromatic rings. The van der Waals surface area contributed by atoms with Gasteiger partial charge in [0, 0.05) is 11.4 Å². The number of thioether (sulfide) groups is 1. The van der Waals surface area contributed by atoms with Gasteiger partial charge in [0.25, 0.3) is 0 Å². The number of hydrogen-bond donors (Lipinski definition) is 2. The van der Waals surface area contributed by atoms with E-state index in [4.69, 9.17) is 0 Å². The van der Waals surface area contributed by atoms with Gasteiger partial charge in [-0.3, -0.25) is 10.1 Å². The molecule has 2 N–H and O–H groups in total. The van der Waals surface area contributed by atoms with E-state index >= 15 is 0 Å². The second-order valence-electron chi connectivity index (χ2n) is 5.61. The number of imide groups is 1. The minimum Gasteiger partial charge on any atom is -0.334 e. The van der Waals surface area contributed by atoms with E-state index in [-0.39, 0.29) is 17.1 Å². The Labute approximate surface area is 130 Å². The number of amides is 3. The molecule has 0 unspecified atom stereocenters. The summed E-state index contributed by atoms with van der Waals surface area (Å²) in [5, 5.41) is 4.75. The van der Waals surface area contributed by atoms with Gasteiger partial charge in [-0.25, -0.2) is 4.79 Å². The summed E-state index contributed by atoms with van der Waals surface area (Å²) in [6.45, 7) is 10.3. The molecule has 0 radical (unpaired) electrons. The van der Waals surface area contributed by atoms with Crippen LogP contribution in [0.1, 0.15) is 26.3 Å². The Kier molecular flexibility index (Phi) is 6.49. The van der Waals surface area contributed by atoms with Crippen LogP contribution in [0, 0.1) is 0 Å². The highest BCUT2D eigenvalue weighted by molar-refractivity contribution is 8.00. The van der Waals surface area contributed by atoms with E-state index in [1.807, 2.05) is 12.1 Å². The Morgan fingerprint density at radius 3 is 2.38 bits per heavy atom. The summed E-state index contributed by atoms with van der Waals surface area (Å²) in [4.78, 5) is 23.9. The zero-order valence-corrected chi connectivity index (χ0v) is 13.5. The third-order valence-electron chi connectivity index (χ3n) is 2.75. The van der Waals surface area contributed by atoms with Gasteiger partial charge in [0.1, 0.15) is 0 Å². The molecular formula is C16H22N2O2S. The highest BCUT2D eigenvalue weighted by Crippen LogP contribution is 2.25. The molecule has 0 fully saturated rings. The zero-order chi connectivity index (χ0) is 15.9. The molecule has 0 saturated carbocycles. The molecule has 0 aliphatic rings. The smallest absolute Gasteiger partial charge is 0.321 e. The van der Waals surface area contributed by atoms with Gasteiger partial charge in [-0.1, -0.05) is 39.0 Å². The number of urea groups is 1. The molecule has 0 bridgehead atoms. The van der Waals surface area contributed by atoms with E-state index in [1.54, 1.807) is 6.08 Å². The fourth-order valence-electron chi connectivity index (χ4n) is 1.57. The maximum atomic E-state index is 11.6. The van der Waals surface area contributed by atoms with Gasteiger partial charge < -0.3 is 5.32 Å². The minimum absolute atomic E-state index is 0.115. The molecule has 0 aromatic heterocycles. The van der Waals surface area contributed by atoms with Crippen molar-refractivity contribution in [1.29, 1.82) is 0 Å². The van der Waals surface area contributed by atoms with Gasteiger partial charge in [0.15, 0.2) is 0 Å². The number of rotatable bonds is 5. The summed E-state index contributed by atoms with van der Waals surface area (Å²) >= 11 is 1.40. The molecule has 1 aromatic carbocycles. The lowest BCUT2D eigenvalue weighted by molar-refractivity contribution is -0.117. The molecule has 1 rings (SSSR count). The zero-order valence-electron chi connectivity index (χ0n) is 12.7. The van der Waals surface area contributed by atoms with E-state index in [9.17, 15) is 9.59 Å². The second-order valence-corrected chi connectivity index (χ2v) is 6.66. The summed E-state index contributed by atoms with van der Waals surface area (Å²) in [6, 6.07) is 7.63. The summed E-state index contributed by atoms with van der Waals surface area (Å²) in [5.41, 5.74) is 1.36. The molecule has 4 nitrogen and oxygen atoms in total. The van der Waals surface area contributed by atoms with Gasteiger partial charge in [-0.15, -0.1) is 18.3 Å². The monoisotopic (exact) mass is 306 g/mol. The Hall–Kier alpha value is -1.75. The first kappa shape index (κ1) is 17.3. The maximum absolute atomic E-state index is 11.6. The van der Waals surface area contributed by atoms with Gasteiger partial charge >= 0.3 is 6.03 Å². The standard InChI is InChI=1S/C16H22N2O2S/c1-5-10-17-15(20)18-14(19)11-21-13-8-6-12(7-9-13)16(2,3)4/h5-9H,1,10-11H2,2-4H3,(H2,17,18,19,20). The summed E-state index contributed by atoms with van der Waals surface area (Å²) in [6.07, 6.45) is 1.55. The topological polar surface area (TPSA) is 58.2 Å². The van der Waals surface area contributed by atoms with Crippen LogP contribution in [-0.4, -0.2) is 24.2 Å². The average Bonchev–Trinajstić information content (AvgIpc) is 2.42. The van der Waals surface area contributed by atoms with Crippen LogP contribution in [0.15, 0.2) is 41.8 Å². The predicted molar refractivity (Wildman–Crippen MR) is 87.6 cm³/mol. The number of benzene rings is 1. The van der Waals surface area contributed by atoms with E-state index in [0.29, 0.717) is 6.54 Å². The van der Waals surface area contributed by atoms with Crippen LogP contribution in [0.2, 0.25) is 0 Å². The Morgan fingerprint density at radius 1 is 1.24 bits per heavy atom. The quantitative estimate of drug-likeness (QED) is 0.649. The van der Waals surface area contributed by atoms with Crippen molar-refractivity contribution in [3.63, 3.8) is 0 Å². The number of hydrogen-bond acceptors (Lipinski definition) is 3. The predicted octanol–water partition coefficient (Wildman–Crippen LogP) is 3.09. The van der Waals surface area contributed by atoms with Crippen molar-refractivity contribution >= 4 is 23.7 Å². The van der Waals surface area contributed by atoms with Crippen molar-refractivity contribution in [1.82, 2.24) is 10.6 Å². The lowest BCUT2D eigenvalue weighted by Crippen LogP contribution is -2.40. The van der Waals surface area contributed by atoms with Crippen LogP contribution in [0.3, 0.4) is 0 Å². The number of carbonyl (C=O) groups excluding carboxylic acids is 2. The molecule has 0 spiro atoms. The number of carbonyl (C=O) groups is 2. The van der Waals surface area contributed by atoms with Gasteiger partial charge in [-0.05, 0) is 23.1 Å². The Balaban J connectivity index is 2.43. The van der Waals surface area contributed by atoms with Crippen LogP contribution >= 0.6 is 11.8 Å². The summed E-state index contributed by atoms with van der Waals surface area (Å²) in [5.74, 6) is -0.113. The van der Waals surface area contributed by atoms with Gasteiger partial charge in [-0.2, -0.15) is 0 Å². The SMILES string of the molecule is C=CCNC(=O)NC(=O)CSc1ccc(C(C)(C)C)cc1. The highest BCUT2D eigenvalue weighted by atomic mass is 32.2. The minimum atomic E-state index is -0.497. The fraction of sp³-hybridized carbons (Fsp3) is 0.375. The van der Waals surface area contributed by atoms with Crippen LogP contribution in [0.25, 0.3) is 0 Å². The normalized spacial score (nSPS) is 10.8. The molecule has 5 heteroatoms. The molecule has 0 heterocycles. The Morgan fingerprint density at radius 2 is 1.86 bits per heavy atom. The Bertz CT molecular complexity index is 504.